The summed E-state index contributed by atoms with van der Waals surface area (Å²) in [5.74, 6) is -0.105. The number of nitrogens with one attached hydrogen (secondary N) is 2. The first-order valence-corrected chi connectivity index (χ1v) is 12.4. The smallest absolute Gasteiger partial charge is 0.251 e. The van der Waals surface area contributed by atoms with Crippen LogP contribution in [0.4, 0.5) is 5.69 Å². The van der Waals surface area contributed by atoms with E-state index in [1.165, 1.54) is 6.92 Å². The Morgan fingerprint density at radius 2 is 1.72 bits per heavy atom. The topological polar surface area (TPSA) is 136 Å². The van der Waals surface area contributed by atoms with Gasteiger partial charge in [0.25, 0.3) is 5.91 Å². The van der Waals surface area contributed by atoms with Crippen LogP contribution < -0.4 is 15.0 Å². The van der Waals surface area contributed by atoms with Gasteiger partial charge < -0.3 is 5.32 Å². The molecule has 0 fully saturated rings. The summed E-state index contributed by atoms with van der Waals surface area (Å²) in [6, 6.07) is 12.6. The summed E-state index contributed by atoms with van der Waals surface area (Å²) >= 11 is -4.98. The fourth-order valence-corrected chi connectivity index (χ4v) is 3.29. The molecular weight excluding hydrogens is 439 g/mol. The zero-order valence-corrected chi connectivity index (χ0v) is 18.5. The quantitative estimate of drug-likeness (QED) is 0.322. The van der Waals surface area contributed by atoms with Crippen LogP contribution in [0.5, 0.6) is 5.75 Å². The molecule has 2 aromatic carbocycles. The van der Waals surface area contributed by atoms with Crippen molar-refractivity contribution in [1.29, 1.82) is 0 Å². The number of rotatable bonds is 6. The number of hydrogen-bond acceptors (Lipinski definition) is 4. The molecule has 0 aromatic heterocycles. The van der Waals surface area contributed by atoms with E-state index in [9.17, 15) is 18.4 Å². The van der Waals surface area contributed by atoms with Crippen molar-refractivity contribution in [2.24, 2.45) is 5.92 Å². The Bertz CT molecular complexity index is 867. The predicted octanol–water partition coefficient (Wildman–Crippen LogP) is 1.37. The maximum absolute atomic E-state index is 11.6. The van der Waals surface area contributed by atoms with Gasteiger partial charge in [-0.3, -0.25) is 4.79 Å². The Hall–Kier alpha value is -2.54. The van der Waals surface area contributed by atoms with E-state index in [-0.39, 0.29) is 21.7 Å². The van der Waals surface area contributed by atoms with Crippen molar-refractivity contribution >= 4 is 36.0 Å². The van der Waals surface area contributed by atoms with E-state index >= 15 is 0 Å². The Balaban J connectivity index is 0.000000291. The minimum Gasteiger partial charge on any atom is -0.352 e. The second-order valence-electron chi connectivity index (χ2n) is 6.52. The fraction of sp³-hybridized carbons (Fsp3) is 0.300. The zero-order valence-electron chi connectivity index (χ0n) is 16.6. The third-order valence-corrected chi connectivity index (χ3v) is 5.97. The number of phenolic OH excluding ortho intramolecular Hbond substituents is 1. The molecular formula is C20H27AsN2O6. The summed E-state index contributed by atoms with van der Waals surface area (Å²) in [6.07, 6.45) is 1.09. The van der Waals surface area contributed by atoms with E-state index in [2.05, 4.69) is 24.5 Å². The molecule has 9 heteroatoms. The number of phenols is 1. The molecule has 0 radical (unpaired) electrons. The van der Waals surface area contributed by atoms with Gasteiger partial charge in [-0.1, -0.05) is 38.5 Å². The number of benzene rings is 2. The van der Waals surface area contributed by atoms with Crippen molar-refractivity contribution in [3.05, 3.63) is 54.1 Å². The molecule has 0 aliphatic rings. The molecule has 1 atom stereocenters. The van der Waals surface area contributed by atoms with Gasteiger partial charge in [0.1, 0.15) is 0 Å². The Kier molecular flexibility index (Phi) is 9.68. The van der Waals surface area contributed by atoms with Gasteiger partial charge in [-0.2, -0.15) is 0 Å². The maximum Gasteiger partial charge on any atom is 0.251 e. The second kappa shape index (κ2) is 11.5. The van der Waals surface area contributed by atoms with Gasteiger partial charge in [0, 0.05) is 12.1 Å². The number of amides is 2. The molecule has 0 bridgehead atoms. The van der Waals surface area contributed by atoms with Gasteiger partial charge in [0.2, 0.25) is 0 Å². The third kappa shape index (κ3) is 9.00. The third-order valence-electron chi connectivity index (χ3n) is 3.97. The van der Waals surface area contributed by atoms with Gasteiger partial charge in [-0.05, 0) is 18.1 Å². The number of carbonyl (C=O) groups is 2. The largest absolute Gasteiger partial charge is 0.352 e. The van der Waals surface area contributed by atoms with Gasteiger partial charge >= 0.3 is 88.1 Å². The summed E-state index contributed by atoms with van der Waals surface area (Å²) in [5.41, 5.74) is 0.723. The van der Waals surface area contributed by atoms with Crippen LogP contribution in [0.1, 0.15) is 37.6 Å². The summed E-state index contributed by atoms with van der Waals surface area (Å²) < 4.78 is 28.6. The first-order chi connectivity index (χ1) is 13.5. The summed E-state index contributed by atoms with van der Waals surface area (Å²) in [5, 5.41) is 14.5. The standard InChI is InChI=1S/C12H17NO.C8H10AsNO5/c1-3-10(2)9-13-12(14)11-7-5-4-6-8-11;1-5(11)10-7-4-6(9(13,14)15)2-3-8(7)12/h4-8,10H,3,9H2,1-2H3,(H,13,14);2-4,12H,1H3,(H,10,11)(H2,13,14,15). The minimum atomic E-state index is -4.98. The SMILES string of the molecule is CC(=O)Nc1cc([As](=O)(O)O)ccc1O.CCC(C)CNC(=O)c1ccccc1. The van der Waals surface area contributed by atoms with E-state index in [1.807, 2.05) is 30.3 Å². The van der Waals surface area contributed by atoms with E-state index in [0.717, 1.165) is 36.7 Å². The number of aromatic hydroxyl groups is 1. The summed E-state index contributed by atoms with van der Waals surface area (Å²) in [7, 11) is 0. The van der Waals surface area contributed by atoms with E-state index in [4.69, 9.17) is 8.19 Å². The molecule has 29 heavy (non-hydrogen) atoms. The predicted molar refractivity (Wildman–Crippen MR) is 111 cm³/mol. The molecule has 2 rings (SSSR count). The van der Waals surface area contributed by atoms with Crippen molar-refractivity contribution in [3.63, 3.8) is 0 Å². The van der Waals surface area contributed by atoms with Crippen LogP contribution in [0.3, 0.4) is 0 Å². The average Bonchev–Trinajstić information content (AvgIpc) is 2.67. The van der Waals surface area contributed by atoms with Crippen LogP contribution in [0.25, 0.3) is 0 Å². The molecule has 0 spiro atoms. The van der Waals surface area contributed by atoms with Crippen LogP contribution in [-0.4, -0.2) is 45.8 Å². The summed E-state index contributed by atoms with van der Waals surface area (Å²) in [6.45, 7) is 6.24. The van der Waals surface area contributed by atoms with Crippen molar-refractivity contribution in [1.82, 2.24) is 5.32 Å². The Morgan fingerprint density at radius 1 is 1.10 bits per heavy atom. The normalized spacial score (nSPS) is 11.6. The van der Waals surface area contributed by atoms with Gasteiger partial charge in [-0.15, -0.1) is 0 Å². The molecule has 2 aromatic rings. The average molecular weight is 466 g/mol. The number of carbonyl (C=O) groups excluding carboxylic acids is 2. The van der Waals surface area contributed by atoms with E-state index in [0.29, 0.717) is 5.92 Å². The molecule has 0 aliphatic carbocycles. The van der Waals surface area contributed by atoms with E-state index in [1.54, 1.807) is 0 Å². The molecule has 5 N–H and O–H groups in total. The minimum absolute atomic E-state index is 0.00951. The van der Waals surface area contributed by atoms with Gasteiger partial charge in [0.05, 0.1) is 0 Å². The fourth-order valence-electron chi connectivity index (χ4n) is 2.10. The Labute approximate surface area is 173 Å². The molecule has 0 heterocycles. The molecule has 0 aliphatic heterocycles. The number of hydrogen-bond donors (Lipinski definition) is 5. The monoisotopic (exact) mass is 466 g/mol. The molecule has 0 saturated carbocycles. The van der Waals surface area contributed by atoms with Crippen molar-refractivity contribution in [3.8, 4) is 5.75 Å². The van der Waals surface area contributed by atoms with Crippen LogP contribution in [0.15, 0.2) is 48.5 Å². The van der Waals surface area contributed by atoms with Crippen LogP contribution in [0, 0.1) is 5.92 Å². The maximum atomic E-state index is 11.6. The van der Waals surface area contributed by atoms with Crippen molar-refractivity contribution in [2.45, 2.75) is 27.2 Å². The van der Waals surface area contributed by atoms with Crippen LogP contribution in [0.2, 0.25) is 0 Å². The Morgan fingerprint density at radius 3 is 2.24 bits per heavy atom. The first-order valence-electron chi connectivity index (χ1n) is 9.04. The number of anilines is 1. The van der Waals surface area contributed by atoms with Crippen LogP contribution >= 0.6 is 0 Å². The van der Waals surface area contributed by atoms with Gasteiger partial charge in [-0.25, -0.2) is 0 Å². The van der Waals surface area contributed by atoms with Gasteiger partial charge in [0.15, 0.2) is 0 Å². The molecule has 1 unspecified atom stereocenters. The second-order valence-corrected chi connectivity index (χ2v) is 9.88. The summed E-state index contributed by atoms with van der Waals surface area (Å²) in [4.78, 5) is 22.3. The molecule has 8 nitrogen and oxygen atoms in total. The molecule has 0 saturated heterocycles. The first kappa shape index (κ1) is 24.5. The van der Waals surface area contributed by atoms with E-state index < -0.39 is 20.1 Å². The zero-order chi connectivity index (χ0) is 22.0. The van der Waals surface area contributed by atoms with Crippen molar-refractivity contribution < 1.29 is 26.6 Å². The molecule has 158 valence electrons. The van der Waals surface area contributed by atoms with Crippen molar-refractivity contribution in [2.75, 3.05) is 11.9 Å². The van der Waals surface area contributed by atoms with Crippen LogP contribution in [-0.2, 0) is 8.53 Å². The molecule has 2 amide bonds.